The summed E-state index contributed by atoms with van der Waals surface area (Å²) in [6.07, 6.45) is 1.99. The lowest BCUT2D eigenvalue weighted by Crippen LogP contribution is -2.63. The average molecular weight is 610 g/mol. The van der Waals surface area contributed by atoms with Crippen molar-refractivity contribution in [1.82, 2.24) is 20.4 Å². The first-order chi connectivity index (χ1) is 19.3. The van der Waals surface area contributed by atoms with Gasteiger partial charge >= 0.3 is 0 Å². The molecule has 0 aromatic heterocycles. The number of carbonyl (C=O) groups is 3. The lowest BCUT2D eigenvalue weighted by Gasteiger charge is -2.45. The van der Waals surface area contributed by atoms with E-state index in [4.69, 9.17) is 23.2 Å². The Morgan fingerprint density at radius 3 is 2.37 bits per heavy atom. The molecule has 1 fully saturated rings. The Hall–Kier alpha value is -2.72. The van der Waals surface area contributed by atoms with Crippen LogP contribution in [-0.2, 0) is 27.2 Å². The number of carbonyl (C=O) groups excluding carboxylic acids is 3. The fourth-order valence-corrected chi connectivity index (χ4v) is 5.56. The van der Waals surface area contributed by atoms with Crippen LogP contribution in [0.5, 0.6) is 0 Å². The SMILES string of the molecule is CCCC1CN(C(Cc2ccc(Cl)cc2Cl)C(=O)NC)CCN1C(=O)C(Cc1ccc(F)cc1)NC(=O)C(C)(C)O. The zero-order chi connectivity index (χ0) is 30.3. The van der Waals surface area contributed by atoms with E-state index in [-0.39, 0.29) is 24.3 Å². The van der Waals surface area contributed by atoms with Crippen molar-refractivity contribution >= 4 is 40.9 Å². The van der Waals surface area contributed by atoms with Crippen molar-refractivity contribution in [3.8, 4) is 0 Å². The highest BCUT2D eigenvalue weighted by Gasteiger charge is 2.39. The summed E-state index contributed by atoms with van der Waals surface area (Å²) < 4.78 is 13.5. The molecule has 0 saturated carbocycles. The summed E-state index contributed by atoms with van der Waals surface area (Å²) >= 11 is 12.5. The zero-order valence-electron chi connectivity index (χ0n) is 23.9. The van der Waals surface area contributed by atoms with Crippen LogP contribution in [0.1, 0.15) is 44.7 Å². The van der Waals surface area contributed by atoms with Gasteiger partial charge < -0.3 is 20.6 Å². The molecule has 1 heterocycles. The van der Waals surface area contributed by atoms with Crippen LogP contribution in [0.4, 0.5) is 4.39 Å². The predicted octanol–water partition coefficient (Wildman–Crippen LogP) is 3.60. The molecule has 8 nitrogen and oxygen atoms in total. The van der Waals surface area contributed by atoms with Crippen LogP contribution in [0, 0.1) is 5.82 Å². The molecule has 0 radical (unpaired) electrons. The number of halogens is 3. The summed E-state index contributed by atoms with van der Waals surface area (Å²) in [5.41, 5.74) is -0.220. The van der Waals surface area contributed by atoms with Crippen LogP contribution in [0.15, 0.2) is 42.5 Å². The lowest BCUT2D eigenvalue weighted by atomic mass is 9.97. The first-order valence-corrected chi connectivity index (χ1v) is 14.6. The van der Waals surface area contributed by atoms with Gasteiger partial charge in [0.25, 0.3) is 5.91 Å². The normalized spacial score (nSPS) is 17.6. The summed E-state index contributed by atoms with van der Waals surface area (Å²) in [6, 6.07) is 9.26. The summed E-state index contributed by atoms with van der Waals surface area (Å²) in [4.78, 5) is 43.6. The van der Waals surface area contributed by atoms with E-state index in [0.717, 1.165) is 12.0 Å². The fraction of sp³-hybridized carbons (Fsp3) is 0.500. The molecule has 0 bridgehead atoms. The highest BCUT2D eigenvalue weighted by Crippen LogP contribution is 2.26. The second-order valence-corrected chi connectivity index (χ2v) is 11.8. The molecule has 0 spiro atoms. The van der Waals surface area contributed by atoms with Crippen LogP contribution < -0.4 is 10.6 Å². The molecule has 0 aliphatic carbocycles. The van der Waals surface area contributed by atoms with Crippen molar-refractivity contribution in [2.24, 2.45) is 0 Å². The van der Waals surface area contributed by atoms with Gasteiger partial charge in [0.2, 0.25) is 11.8 Å². The van der Waals surface area contributed by atoms with E-state index in [9.17, 15) is 23.9 Å². The third-order valence-electron chi connectivity index (χ3n) is 7.35. The van der Waals surface area contributed by atoms with Gasteiger partial charge in [-0.1, -0.05) is 54.7 Å². The maximum Gasteiger partial charge on any atom is 0.252 e. The second-order valence-electron chi connectivity index (χ2n) is 11.0. The fourth-order valence-electron chi connectivity index (χ4n) is 5.07. The highest BCUT2D eigenvalue weighted by atomic mass is 35.5. The largest absolute Gasteiger partial charge is 0.381 e. The van der Waals surface area contributed by atoms with Gasteiger partial charge in [-0.15, -0.1) is 0 Å². The van der Waals surface area contributed by atoms with Gasteiger partial charge in [-0.2, -0.15) is 0 Å². The maximum atomic E-state index is 14.0. The quantitative estimate of drug-likeness (QED) is 0.362. The van der Waals surface area contributed by atoms with Crippen LogP contribution in [0.3, 0.4) is 0 Å². The van der Waals surface area contributed by atoms with E-state index in [1.54, 1.807) is 36.2 Å². The van der Waals surface area contributed by atoms with E-state index < -0.39 is 29.4 Å². The number of aliphatic hydroxyl groups is 1. The molecule has 3 amide bonds. The van der Waals surface area contributed by atoms with E-state index in [1.165, 1.54) is 26.0 Å². The molecule has 41 heavy (non-hydrogen) atoms. The Labute approximate surface area is 251 Å². The average Bonchev–Trinajstić information content (AvgIpc) is 2.92. The Bertz CT molecular complexity index is 1220. The van der Waals surface area contributed by atoms with Gasteiger partial charge in [-0.3, -0.25) is 19.3 Å². The maximum absolute atomic E-state index is 14.0. The van der Waals surface area contributed by atoms with Crippen molar-refractivity contribution in [3.63, 3.8) is 0 Å². The molecule has 1 aliphatic rings. The molecule has 2 aromatic carbocycles. The Kier molecular flexibility index (Phi) is 11.6. The molecule has 1 aliphatic heterocycles. The number of nitrogens with zero attached hydrogens (tertiary/aromatic N) is 2. The summed E-state index contributed by atoms with van der Waals surface area (Å²) in [6.45, 7) is 5.95. The van der Waals surface area contributed by atoms with Crippen molar-refractivity contribution in [1.29, 1.82) is 0 Å². The first-order valence-electron chi connectivity index (χ1n) is 13.8. The third kappa shape index (κ3) is 8.88. The third-order valence-corrected chi connectivity index (χ3v) is 7.94. The van der Waals surface area contributed by atoms with E-state index in [1.807, 2.05) is 13.0 Å². The minimum absolute atomic E-state index is 0.135. The number of hydrogen-bond donors (Lipinski definition) is 3. The molecular formula is C30H39Cl2FN4O4. The number of rotatable bonds is 11. The summed E-state index contributed by atoms with van der Waals surface area (Å²) in [7, 11) is 1.59. The lowest BCUT2D eigenvalue weighted by molar-refractivity contribution is -0.146. The van der Waals surface area contributed by atoms with Gasteiger partial charge in [-0.05, 0) is 62.1 Å². The predicted molar refractivity (Wildman–Crippen MR) is 158 cm³/mol. The zero-order valence-corrected chi connectivity index (χ0v) is 25.4. The van der Waals surface area contributed by atoms with Gasteiger partial charge in [0.1, 0.15) is 17.5 Å². The van der Waals surface area contributed by atoms with Crippen molar-refractivity contribution in [3.05, 3.63) is 69.5 Å². The van der Waals surface area contributed by atoms with Crippen molar-refractivity contribution in [2.45, 2.75) is 70.2 Å². The number of benzene rings is 2. The Morgan fingerprint density at radius 1 is 1.10 bits per heavy atom. The van der Waals surface area contributed by atoms with E-state index in [2.05, 4.69) is 15.5 Å². The molecule has 3 N–H and O–H groups in total. The van der Waals surface area contributed by atoms with E-state index in [0.29, 0.717) is 48.1 Å². The smallest absolute Gasteiger partial charge is 0.252 e. The molecule has 2 aromatic rings. The van der Waals surface area contributed by atoms with Crippen LogP contribution in [0.25, 0.3) is 0 Å². The minimum atomic E-state index is -1.69. The van der Waals surface area contributed by atoms with Crippen LogP contribution in [0.2, 0.25) is 10.0 Å². The van der Waals surface area contributed by atoms with Crippen LogP contribution in [-0.4, -0.2) is 83.0 Å². The number of likely N-dealkylation sites (N-methyl/N-ethyl adjacent to an activating group) is 1. The molecule has 3 unspecified atom stereocenters. The molecule has 11 heteroatoms. The molecule has 224 valence electrons. The van der Waals surface area contributed by atoms with Crippen molar-refractivity contribution < 1.29 is 23.9 Å². The molecule has 3 atom stereocenters. The highest BCUT2D eigenvalue weighted by molar-refractivity contribution is 6.35. The van der Waals surface area contributed by atoms with Gasteiger partial charge in [0.15, 0.2) is 0 Å². The van der Waals surface area contributed by atoms with Crippen LogP contribution >= 0.6 is 23.2 Å². The number of amides is 3. The molecule has 3 rings (SSSR count). The molecule has 1 saturated heterocycles. The topological polar surface area (TPSA) is 102 Å². The first kappa shape index (κ1) is 32.8. The molecular weight excluding hydrogens is 570 g/mol. The van der Waals surface area contributed by atoms with Gasteiger partial charge in [-0.25, -0.2) is 4.39 Å². The summed E-state index contributed by atoms with van der Waals surface area (Å²) in [5.74, 6) is -1.52. The standard InChI is InChI=1S/C30H39Cl2FN4O4/c1-5-6-23-18-36(26(27(38)34-4)16-20-9-10-21(31)17-24(20)32)13-14-37(23)28(39)25(35-29(40)30(2,3)41)15-19-7-11-22(33)12-8-19/h7-12,17,23,25-26,41H,5-6,13-16,18H2,1-4H3,(H,34,38)(H,35,40). The number of nitrogens with one attached hydrogen (secondary N) is 2. The number of hydrogen-bond acceptors (Lipinski definition) is 5. The monoisotopic (exact) mass is 608 g/mol. The van der Waals surface area contributed by atoms with Gasteiger partial charge in [0, 0.05) is 49.2 Å². The Balaban J connectivity index is 1.85. The number of piperazine rings is 1. The van der Waals surface area contributed by atoms with E-state index >= 15 is 0 Å². The minimum Gasteiger partial charge on any atom is -0.381 e. The summed E-state index contributed by atoms with van der Waals surface area (Å²) in [5, 5.41) is 16.7. The van der Waals surface area contributed by atoms with Gasteiger partial charge in [0.05, 0.1) is 6.04 Å². The second kappa shape index (κ2) is 14.4. The van der Waals surface area contributed by atoms with Crippen molar-refractivity contribution in [2.75, 3.05) is 26.7 Å². The Morgan fingerprint density at radius 2 is 1.78 bits per heavy atom.